The largest absolute Gasteiger partial charge is 0.481 e. The lowest BCUT2D eigenvalue weighted by molar-refractivity contribution is -0.142. The standard InChI is InChI=1S/C15H22N2O5S/c1-10(2)8-11(15(19)20)9-16-14(18)12-6-4-5-7-13(12)17-23(3,21)22/h4-7,10-11,17H,8-9H2,1-3H3,(H,16,18)(H,19,20). The minimum atomic E-state index is -3.52. The summed E-state index contributed by atoms with van der Waals surface area (Å²) in [7, 11) is -3.52. The molecule has 3 N–H and O–H groups in total. The van der Waals surface area contributed by atoms with Gasteiger partial charge in [-0.05, 0) is 24.5 Å². The van der Waals surface area contributed by atoms with Crippen molar-refractivity contribution in [3.63, 3.8) is 0 Å². The Kier molecular flexibility index (Phi) is 6.56. The molecule has 0 spiro atoms. The number of carboxylic acids is 1. The van der Waals surface area contributed by atoms with E-state index in [0.29, 0.717) is 6.42 Å². The van der Waals surface area contributed by atoms with Gasteiger partial charge >= 0.3 is 5.97 Å². The van der Waals surface area contributed by atoms with E-state index in [4.69, 9.17) is 0 Å². The van der Waals surface area contributed by atoms with Crippen LogP contribution in [0.3, 0.4) is 0 Å². The Labute approximate surface area is 136 Å². The van der Waals surface area contributed by atoms with Gasteiger partial charge in [0, 0.05) is 6.54 Å². The fourth-order valence-electron chi connectivity index (χ4n) is 2.12. The molecule has 0 aliphatic heterocycles. The Hall–Kier alpha value is -2.09. The van der Waals surface area contributed by atoms with Gasteiger partial charge in [-0.3, -0.25) is 14.3 Å². The number of carbonyl (C=O) groups is 2. The molecule has 1 amide bonds. The molecule has 0 fully saturated rings. The van der Waals surface area contributed by atoms with E-state index < -0.39 is 27.8 Å². The van der Waals surface area contributed by atoms with Crippen LogP contribution in [-0.4, -0.2) is 38.2 Å². The third-order valence-corrected chi connectivity index (χ3v) is 3.67. The van der Waals surface area contributed by atoms with Crippen LogP contribution in [0.4, 0.5) is 5.69 Å². The van der Waals surface area contributed by atoms with Crippen LogP contribution >= 0.6 is 0 Å². The van der Waals surface area contributed by atoms with Gasteiger partial charge in [0.25, 0.3) is 5.91 Å². The fourth-order valence-corrected chi connectivity index (χ4v) is 2.70. The first-order valence-electron chi connectivity index (χ1n) is 7.18. The highest BCUT2D eigenvalue weighted by molar-refractivity contribution is 7.92. The number of para-hydroxylation sites is 1. The summed E-state index contributed by atoms with van der Waals surface area (Å²) >= 11 is 0. The second-order valence-electron chi connectivity index (χ2n) is 5.79. The molecule has 0 heterocycles. The molecule has 0 saturated carbocycles. The summed E-state index contributed by atoms with van der Waals surface area (Å²) in [6.07, 6.45) is 1.43. The number of aliphatic carboxylic acids is 1. The Morgan fingerprint density at radius 3 is 2.35 bits per heavy atom. The highest BCUT2D eigenvalue weighted by Crippen LogP contribution is 2.17. The number of carbonyl (C=O) groups excluding carboxylic acids is 1. The molecular formula is C15H22N2O5S. The Balaban J connectivity index is 2.84. The van der Waals surface area contributed by atoms with Crippen molar-refractivity contribution in [2.24, 2.45) is 11.8 Å². The number of hydrogen-bond acceptors (Lipinski definition) is 4. The van der Waals surface area contributed by atoms with Crippen LogP contribution in [0.2, 0.25) is 0 Å². The molecule has 8 heteroatoms. The SMILES string of the molecule is CC(C)CC(CNC(=O)c1ccccc1NS(C)(=O)=O)C(=O)O. The van der Waals surface area contributed by atoms with Crippen molar-refractivity contribution in [3.8, 4) is 0 Å². The van der Waals surface area contributed by atoms with Gasteiger partial charge in [0.05, 0.1) is 23.4 Å². The first-order chi connectivity index (χ1) is 10.6. The first kappa shape index (κ1) is 19.0. The molecular weight excluding hydrogens is 320 g/mol. The van der Waals surface area contributed by atoms with Gasteiger partial charge in [0.15, 0.2) is 0 Å². The lowest BCUT2D eigenvalue weighted by Gasteiger charge is -2.16. The number of sulfonamides is 1. The summed E-state index contributed by atoms with van der Waals surface area (Å²) in [6, 6.07) is 6.15. The smallest absolute Gasteiger partial charge is 0.308 e. The number of nitrogens with one attached hydrogen (secondary N) is 2. The van der Waals surface area contributed by atoms with Crippen LogP contribution in [0.1, 0.15) is 30.6 Å². The summed E-state index contributed by atoms with van der Waals surface area (Å²) < 4.78 is 24.9. The Bertz CT molecular complexity index is 670. The zero-order valence-corrected chi connectivity index (χ0v) is 14.2. The molecule has 0 aromatic heterocycles. The molecule has 0 bridgehead atoms. The number of rotatable bonds is 8. The van der Waals surface area contributed by atoms with Crippen LogP contribution < -0.4 is 10.0 Å². The van der Waals surface area contributed by atoms with Crippen molar-refractivity contribution in [2.75, 3.05) is 17.5 Å². The summed E-state index contributed by atoms with van der Waals surface area (Å²) in [6.45, 7) is 3.80. The molecule has 7 nitrogen and oxygen atoms in total. The van der Waals surface area contributed by atoms with E-state index in [1.165, 1.54) is 12.1 Å². The predicted octanol–water partition coefficient (Wildman–Crippen LogP) is 1.53. The van der Waals surface area contributed by atoms with Gasteiger partial charge in [-0.1, -0.05) is 26.0 Å². The average molecular weight is 342 g/mol. The van der Waals surface area contributed by atoms with Gasteiger partial charge in [-0.15, -0.1) is 0 Å². The van der Waals surface area contributed by atoms with Crippen LogP contribution in [-0.2, 0) is 14.8 Å². The topological polar surface area (TPSA) is 113 Å². The number of amides is 1. The van der Waals surface area contributed by atoms with Crippen molar-refractivity contribution in [1.29, 1.82) is 0 Å². The van der Waals surface area contributed by atoms with Crippen molar-refractivity contribution in [1.82, 2.24) is 5.32 Å². The predicted molar refractivity (Wildman–Crippen MR) is 87.8 cm³/mol. The maximum absolute atomic E-state index is 12.2. The minimum Gasteiger partial charge on any atom is -0.481 e. The Morgan fingerprint density at radius 2 is 1.83 bits per heavy atom. The lowest BCUT2D eigenvalue weighted by Crippen LogP contribution is -2.34. The molecule has 1 atom stereocenters. The fraction of sp³-hybridized carbons (Fsp3) is 0.467. The second-order valence-corrected chi connectivity index (χ2v) is 7.54. The van der Waals surface area contributed by atoms with Gasteiger partial charge in [-0.2, -0.15) is 0 Å². The van der Waals surface area contributed by atoms with Crippen LogP contribution in [0.15, 0.2) is 24.3 Å². The molecule has 1 unspecified atom stereocenters. The number of carboxylic acid groups (broad SMARTS) is 1. The molecule has 1 aromatic rings. The average Bonchev–Trinajstić information content (AvgIpc) is 2.41. The molecule has 0 radical (unpaired) electrons. The molecule has 1 aromatic carbocycles. The third-order valence-electron chi connectivity index (χ3n) is 3.08. The molecule has 0 saturated heterocycles. The maximum Gasteiger partial charge on any atom is 0.308 e. The van der Waals surface area contributed by atoms with E-state index in [-0.39, 0.29) is 23.7 Å². The molecule has 1 rings (SSSR count). The van der Waals surface area contributed by atoms with Crippen LogP contribution in [0.25, 0.3) is 0 Å². The molecule has 23 heavy (non-hydrogen) atoms. The zero-order valence-electron chi connectivity index (χ0n) is 13.4. The summed E-state index contributed by atoms with van der Waals surface area (Å²) in [5, 5.41) is 11.7. The third kappa shape index (κ3) is 6.68. The monoisotopic (exact) mass is 342 g/mol. The van der Waals surface area contributed by atoms with Gasteiger partial charge in [-0.25, -0.2) is 8.42 Å². The highest BCUT2D eigenvalue weighted by Gasteiger charge is 2.21. The number of benzene rings is 1. The Morgan fingerprint density at radius 1 is 1.22 bits per heavy atom. The van der Waals surface area contributed by atoms with Crippen molar-refractivity contribution in [3.05, 3.63) is 29.8 Å². The number of hydrogen-bond donors (Lipinski definition) is 3. The van der Waals surface area contributed by atoms with E-state index in [1.807, 2.05) is 13.8 Å². The van der Waals surface area contributed by atoms with E-state index in [1.54, 1.807) is 12.1 Å². The maximum atomic E-state index is 12.2. The van der Waals surface area contributed by atoms with Gasteiger partial charge < -0.3 is 10.4 Å². The summed E-state index contributed by atoms with van der Waals surface area (Å²) in [5.41, 5.74) is 0.301. The van der Waals surface area contributed by atoms with Crippen LogP contribution in [0.5, 0.6) is 0 Å². The van der Waals surface area contributed by atoms with Crippen molar-refractivity contribution < 1.29 is 23.1 Å². The van der Waals surface area contributed by atoms with Crippen LogP contribution in [0, 0.1) is 11.8 Å². The highest BCUT2D eigenvalue weighted by atomic mass is 32.2. The van der Waals surface area contributed by atoms with Crippen molar-refractivity contribution >= 4 is 27.6 Å². The lowest BCUT2D eigenvalue weighted by atomic mass is 9.97. The van der Waals surface area contributed by atoms with Gasteiger partial charge in [0.1, 0.15) is 0 Å². The quantitative estimate of drug-likeness (QED) is 0.663. The first-order valence-corrected chi connectivity index (χ1v) is 9.07. The van der Waals surface area contributed by atoms with E-state index >= 15 is 0 Å². The number of anilines is 1. The van der Waals surface area contributed by atoms with Crippen molar-refractivity contribution in [2.45, 2.75) is 20.3 Å². The van der Waals surface area contributed by atoms with E-state index in [9.17, 15) is 23.1 Å². The summed E-state index contributed by atoms with van der Waals surface area (Å²) in [5.74, 6) is -1.99. The normalized spacial score (nSPS) is 12.7. The summed E-state index contributed by atoms with van der Waals surface area (Å²) in [4.78, 5) is 23.4. The molecule has 0 aliphatic rings. The zero-order chi connectivity index (χ0) is 17.6. The molecule has 128 valence electrons. The molecule has 0 aliphatic carbocycles. The minimum absolute atomic E-state index is 0.0143. The van der Waals surface area contributed by atoms with E-state index in [0.717, 1.165) is 6.26 Å². The second kappa shape index (κ2) is 7.96. The van der Waals surface area contributed by atoms with Gasteiger partial charge in [0.2, 0.25) is 10.0 Å². The van der Waals surface area contributed by atoms with E-state index in [2.05, 4.69) is 10.0 Å².